The van der Waals surface area contributed by atoms with Crippen molar-refractivity contribution in [3.05, 3.63) is 136 Å². The molecule has 16 nitrogen and oxygen atoms in total. The van der Waals surface area contributed by atoms with Crippen LogP contribution in [0.4, 0.5) is 17.6 Å². The number of alkyl halides is 2. The Kier molecular flexibility index (Phi) is 13.0. The van der Waals surface area contributed by atoms with Gasteiger partial charge in [-0.2, -0.15) is 8.78 Å². The molecule has 0 bridgehead atoms. The van der Waals surface area contributed by atoms with Gasteiger partial charge in [-0.05, 0) is 31.9 Å². The van der Waals surface area contributed by atoms with E-state index < -0.39 is 109 Å². The van der Waals surface area contributed by atoms with E-state index >= 15 is 0 Å². The standard InChI is InChI=1S/2C18H20F2N2O6/c1-9-7-22(17-15(25)14(24)13(8-23)28-17)18(27)21(16(9)26)5-4-10-2-3-11(19)6-12(10)20;1-10-7-21(16-14(25)13(24)12(8-23)28-16)17(27)22(15(10)26)9-18(19,20)11-5-3-2-4-6-11/h2-3,6-7,13-15,17,23-25H,4-5,8H2,1H3;2-7,12-14,16,23-25H,8-9H2,1H3/t13-,14?,15+,17-;12-,13?,14+,16-/m11/s1. The summed E-state index contributed by atoms with van der Waals surface area (Å²) in [4.78, 5) is 50.3. The molecule has 0 radical (unpaired) electrons. The molecule has 2 fully saturated rings. The van der Waals surface area contributed by atoms with Crippen molar-refractivity contribution >= 4 is 0 Å². The lowest BCUT2D eigenvalue weighted by Gasteiger charge is -2.22. The van der Waals surface area contributed by atoms with Gasteiger partial charge in [-0.25, -0.2) is 18.4 Å². The van der Waals surface area contributed by atoms with Gasteiger partial charge in [-0.1, -0.05) is 36.4 Å². The molecule has 2 aromatic carbocycles. The maximum absolute atomic E-state index is 14.6. The molecule has 304 valence electrons. The molecule has 4 heterocycles. The second-order valence-electron chi connectivity index (χ2n) is 13.4. The molecule has 2 aliphatic heterocycles. The number of nitrogens with zero attached hydrogens (tertiary/aromatic N) is 4. The Morgan fingerprint density at radius 3 is 1.64 bits per heavy atom. The normalized spacial score (nSPS) is 24.9. The zero-order valence-corrected chi connectivity index (χ0v) is 29.9. The summed E-state index contributed by atoms with van der Waals surface area (Å²) in [6.45, 7) is 0.216. The zero-order chi connectivity index (χ0) is 41.2. The number of rotatable bonds is 10. The highest BCUT2D eigenvalue weighted by molar-refractivity contribution is 5.21. The van der Waals surface area contributed by atoms with E-state index in [2.05, 4.69) is 0 Å². The molecule has 4 aromatic rings. The Bertz CT molecular complexity index is 2260. The molecule has 0 amide bonds. The molecular formula is C36H40F4N4O12. The lowest BCUT2D eigenvalue weighted by molar-refractivity contribution is -0.0578. The van der Waals surface area contributed by atoms with Gasteiger partial charge in [0.1, 0.15) is 48.3 Å². The van der Waals surface area contributed by atoms with E-state index in [9.17, 15) is 67.4 Å². The Balaban J connectivity index is 0.000000214. The quantitative estimate of drug-likeness (QED) is 0.108. The summed E-state index contributed by atoms with van der Waals surface area (Å²) >= 11 is 0. The minimum atomic E-state index is -3.50. The van der Waals surface area contributed by atoms with Gasteiger partial charge in [-0.3, -0.25) is 27.9 Å². The number of aromatic nitrogens is 4. The van der Waals surface area contributed by atoms with Crippen LogP contribution in [0.1, 0.15) is 34.7 Å². The van der Waals surface area contributed by atoms with Crippen LogP contribution in [-0.4, -0.2) is 98.7 Å². The summed E-state index contributed by atoms with van der Waals surface area (Å²) < 4.78 is 69.7. The van der Waals surface area contributed by atoms with E-state index in [1.807, 2.05) is 0 Å². The largest absolute Gasteiger partial charge is 0.394 e. The predicted molar refractivity (Wildman–Crippen MR) is 186 cm³/mol. The first-order valence-electron chi connectivity index (χ1n) is 17.2. The van der Waals surface area contributed by atoms with Gasteiger partial charge in [0.25, 0.3) is 17.0 Å². The van der Waals surface area contributed by atoms with Crippen molar-refractivity contribution in [2.24, 2.45) is 0 Å². The SMILES string of the molecule is Cc1cn([C@@H]2O[C@H](CO)C(O)[C@@H]2O)c(=O)n(CC(F)(F)c2ccccc2)c1=O.Cc1cn([C@@H]2O[C@H](CO)C(O)[C@@H]2O)c(=O)n(CCc2ccc(F)cc2F)c1=O. The molecule has 0 aliphatic carbocycles. The highest BCUT2D eigenvalue weighted by Gasteiger charge is 2.45. The van der Waals surface area contributed by atoms with E-state index in [1.54, 1.807) is 6.07 Å². The van der Waals surface area contributed by atoms with E-state index in [1.165, 1.54) is 50.4 Å². The Hall–Kier alpha value is -4.80. The van der Waals surface area contributed by atoms with Crippen molar-refractivity contribution in [3.8, 4) is 0 Å². The van der Waals surface area contributed by atoms with Crippen LogP contribution in [0.2, 0.25) is 0 Å². The predicted octanol–water partition coefficient (Wildman–Crippen LogP) is -0.827. The molecule has 2 aliphatic rings. The van der Waals surface area contributed by atoms with Gasteiger partial charge in [0.15, 0.2) is 12.5 Å². The minimum absolute atomic E-state index is 0.0267. The number of hydrogen-bond donors (Lipinski definition) is 6. The summed E-state index contributed by atoms with van der Waals surface area (Å²) in [5.41, 5.74) is -3.54. The highest BCUT2D eigenvalue weighted by atomic mass is 19.3. The Labute approximate surface area is 313 Å². The number of ether oxygens (including phenoxy) is 2. The first kappa shape index (κ1) is 42.3. The maximum atomic E-state index is 14.6. The maximum Gasteiger partial charge on any atom is 0.333 e. The molecule has 56 heavy (non-hydrogen) atoms. The van der Waals surface area contributed by atoms with Gasteiger partial charge < -0.3 is 40.1 Å². The smallest absolute Gasteiger partial charge is 0.333 e. The monoisotopic (exact) mass is 796 g/mol. The van der Waals surface area contributed by atoms with Gasteiger partial charge in [-0.15, -0.1) is 0 Å². The average Bonchev–Trinajstić information content (AvgIpc) is 3.63. The van der Waals surface area contributed by atoms with Crippen molar-refractivity contribution in [1.29, 1.82) is 0 Å². The second-order valence-corrected chi connectivity index (χ2v) is 13.4. The van der Waals surface area contributed by atoms with Crippen LogP contribution >= 0.6 is 0 Å². The highest BCUT2D eigenvalue weighted by Crippen LogP contribution is 2.31. The lowest BCUT2D eigenvalue weighted by atomic mass is 10.1. The third-order valence-corrected chi connectivity index (χ3v) is 9.49. The zero-order valence-electron chi connectivity index (χ0n) is 29.9. The van der Waals surface area contributed by atoms with E-state index in [0.29, 0.717) is 10.6 Å². The number of benzene rings is 2. The summed E-state index contributed by atoms with van der Waals surface area (Å²) in [7, 11) is 0. The van der Waals surface area contributed by atoms with Gasteiger partial charge >= 0.3 is 11.4 Å². The van der Waals surface area contributed by atoms with Gasteiger partial charge in [0, 0.05) is 41.7 Å². The van der Waals surface area contributed by atoms with Crippen LogP contribution in [0.3, 0.4) is 0 Å². The number of aryl methyl sites for hydroxylation is 3. The Morgan fingerprint density at radius 1 is 0.696 bits per heavy atom. The van der Waals surface area contributed by atoms with E-state index in [0.717, 1.165) is 26.0 Å². The van der Waals surface area contributed by atoms with Crippen molar-refractivity contribution in [2.75, 3.05) is 13.2 Å². The number of aliphatic hydroxyl groups is 6. The van der Waals surface area contributed by atoms with Crippen molar-refractivity contribution in [1.82, 2.24) is 18.3 Å². The van der Waals surface area contributed by atoms with Crippen molar-refractivity contribution < 1.29 is 57.7 Å². The molecule has 0 spiro atoms. The third-order valence-electron chi connectivity index (χ3n) is 9.49. The fourth-order valence-corrected chi connectivity index (χ4v) is 6.37. The fourth-order valence-electron chi connectivity index (χ4n) is 6.37. The summed E-state index contributed by atoms with van der Waals surface area (Å²) in [5.74, 6) is -5.02. The lowest BCUT2D eigenvalue weighted by Crippen LogP contribution is -2.46. The van der Waals surface area contributed by atoms with Crippen LogP contribution < -0.4 is 22.5 Å². The fraction of sp³-hybridized carbons (Fsp3) is 0.444. The molecule has 6 N–H and O–H groups in total. The summed E-state index contributed by atoms with van der Waals surface area (Å²) in [5, 5.41) is 58.4. The summed E-state index contributed by atoms with van der Waals surface area (Å²) in [6.07, 6.45) is -8.71. The molecule has 2 aromatic heterocycles. The van der Waals surface area contributed by atoms with Crippen molar-refractivity contribution in [2.45, 2.75) is 88.4 Å². The third kappa shape index (κ3) is 8.47. The summed E-state index contributed by atoms with van der Waals surface area (Å²) in [6, 6.07) is 9.79. The molecule has 2 unspecified atom stereocenters. The van der Waals surface area contributed by atoms with Crippen LogP contribution in [-0.2, 0) is 34.9 Å². The van der Waals surface area contributed by atoms with Crippen molar-refractivity contribution in [3.63, 3.8) is 0 Å². The first-order valence-corrected chi connectivity index (χ1v) is 17.2. The van der Waals surface area contributed by atoms with E-state index in [-0.39, 0.29) is 35.2 Å². The minimum Gasteiger partial charge on any atom is -0.394 e. The van der Waals surface area contributed by atoms with E-state index in [4.69, 9.17) is 9.47 Å². The van der Waals surface area contributed by atoms with Gasteiger partial charge in [0.05, 0.1) is 19.8 Å². The second kappa shape index (κ2) is 17.1. The van der Waals surface area contributed by atoms with Gasteiger partial charge in [0.2, 0.25) is 0 Å². The number of hydrogen-bond acceptors (Lipinski definition) is 12. The van der Waals surface area contributed by atoms with Crippen LogP contribution in [0.5, 0.6) is 0 Å². The molecule has 0 saturated carbocycles. The molecule has 2 saturated heterocycles. The van der Waals surface area contributed by atoms with Crippen LogP contribution in [0.25, 0.3) is 0 Å². The first-order chi connectivity index (χ1) is 26.4. The molecular weight excluding hydrogens is 756 g/mol. The Morgan fingerprint density at radius 2 is 1.18 bits per heavy atom. The van der Waals surface area contributed by atoms with Crippen LogP contribution in [0, 0.1) is 25.5 Å². The van der Waals surface area contributed by atoms with Crippen LogP contribution in [0.15, 0.2) is 80.1 Å². The number of aliphatic hydroxyl groups excluding tert-OH is 6. The molecule has 6 rings (SSSR count). The number of halogens is 4. The molecule has 20 heteroatoms. The molecule has 8 atom stereocenters. The average molecular weight is 797 g/mol. The topological polar surface area (TPSA) is 228 Å².